The third kappa shape index (κ3) is 1.59. The molecule has 1 saturated carbocycles. The maximum absolute atomic E-state index is 12.4. The molecule has 0 unspecified atom stereocenters. The number of hydrogen-bond donors (Lipinski definition) is 1. The lowest BCUT2D eigenvalue weighted by atomic mass is 9.99. The Bertz CT molecular complexity index is 463. The molecule has 5 heteroatoms. The summed E-state index contributed by atoms with van der Waals surface area (Å²) in [7, 11) is 0. The fraction of sp³-hybridized carbons (Fsp3) is 0.769. The van der Waals surface area contributed by atoms with Gasteiger partial charge in [0.25, 0.3) is 0 Å². The van der Waals surface area contributed by atoms with Crippen molar-refractivity contribution in [3.05, 3.63) is 0 Å². The van der Waals surface area contributed by atoms with Crippen LogP contribution in [0.4, 0.5) is 0 Å². The lowest BCUT2D eigenvalue weighted by molar-refractivity contribution is -0.133. The molecule has 0 aromatic rings. The molecule has 5 nitrogen and oxygen atoms in total. The first-order chi connectivity index (χ1) is 8.70. The highest BCUT2D eigenvalue weighted by molar-refractivity contribution is 5.83. The molecule has 0 aromatic carbocycles. The average Bonchev–Trinajstić information content (AvgIpc) is 2.77. The number of nitrogens with zero attached hydrogens (tertiary/aromatic N) is 3. The summed E-state index contributed by atoms with van der Waals surface area (Å²) in [6, 6.07) is 4.07. The van der Waals surface area contributed by atoms with Gasteiger partial charge in [-0.2, -0.15) is 10.5 Å². The number of amides is 1. The minimum Gasteiger partial charge on any atom is -0.325 e. The maximum atomic E-state index is 12.4. The summed E-state index contributed by atoms with van der Waals surface area (Å²) in [5.74, 6) is 0.174. The number of carbonyl (C=O) groups excluding carboxylic acids is 1. The van der Waals surface area contributed by atoms with Gasteiger partial charge in [-0.25, -0.2) is 0 Å². The molecule has 94 valence electrons. The molecule has 0 radical (unpaired) electrons. The molecule has 1 amide bonds. The summed E-state index contributed by atoms with van der Waals surface area (Å²) in [6.45, 7) is 1.47. The fourth-order valence-corrected chi connectivity index (χ4v) is 3.37. The molecule has 2 aliphatic heterocycles. The molecular weight excluding hydrogens is 228 g/mol. The molecule has 3 aliphatic rings. The van der Waals surface area contributed by atoms with E-state index in [4.69, 9.17) is 10.5 Å². The van der Waals surface area contributed by atoms with E-state index in [2.05, 4.69) is 17.5 Å². The summed E-state index contributed by atoms with van der Waals surface area (Å²) < 4.78 is 0. The zero-order valence-electron chi connectivity index (χ0n) is 10.2. The number of rotatable bonds is 1. The first-order valence-electron chi connectivity index (χ1n) is 6.53. The zero-order valence-corrected chi connectivity index (χ0v) is 10.2. The molecule has 18 heavy (non-hydrogen) atoms. The molecule has 2 saturated heterocycles. The first kappa shape index (κ1) is 11.5. The Hall–Kier alpha value is -1.59. The van der Waals surface area contributed by atoms with E-state index in [1.807, 2.05) is 0 Å². The highest BCUT2D eigenvalue weighted by Crippen LogP contribution is 2.57. The summed E-state index contributed by atoms with van der Waals surface area (Å²) in [4.78, 5) is 14.1. The van der Waals surface area contributed by atoms with Gasteiger partial charge >= 0.3 is 0 Å². The van der Waals surface area contributed by atoms with Gasteiger partial charge in [0.15, 0.2) is 0 Å². The molecule has 3 fully saturated rings. The minimum absolute atomic E-state index is 0.0525. The van der Waals surface area contributed by atoms with Crippen molar-refractivity contribution in [2.75, 3.05) is 13.1 Å². The van der Waals surface area contributed by atoms with Gasteiger partial charge in [0, 0.05) is 18.5 Å². The molecule has 3 rings (SSSR count). The number of nitrogens with one attached hydrogen (secondary N) is 1. The minimum atomic E-state index is -0.248. The van der Waals surface area contributed by atoms with Crippen LogP contribution >= 0.6 is 0 Å². The molecular formula is C13H16N4O. The van der Waals surface area contributed by atoms with Crippen LogP contribution in [-0.2, 0) is 4.79 Å². The van der Waals surface area contributed by atoms with E-state index in [9.17, 15) is 4.79 Å². The monoisotopic (exact) mass is 244 g/mol. The van der Waals surface area contributed by atoms with Gasteiger partial charge in [-0.1, -0.05) is 0 Å². The van der Waals surface area contributed by atoms with E-state index in [0.717, 1.165) is 32.2 Å². The Balaban J connectivity index is 1.65. The van der Waals surface area contributed by atoms with Gasteiger partial charge in [0.1, 0.15) is 6.04 Å². The third-order valence-electron chi connectivity index (χ3n) is 4.64. The zero-order chi connectivity index (χ0) is 12.8. The quantitative estimate of drug-likeness (QED) is 0.723. The van der Waals surface area contributed by atoms with Gasteiger partial charge < -0.3 is 10.2 Å². The topological polar surface area (TPSA) is 79.9 Å². The summed E-state index contributed by atoms with van der Waals surface area (Å²) in [5, 5.41) is 21.2. The second-order valence-corrected chi connectivity index (χ2v) is 5.70. The Morgan fingerprint density at radius 2 is 2.17 bits per heavy atom. The van der Waals surface area contributed by atoms with Crippen LogP contribution < -0.4 is 5.32 Å². The highest BCUT2D eigenvalue weighted by atomic mass is 16.2. The average molecular weight is 244 g/mol. The van der Waals surface area contributed by atoms with Crippen LogP contribution in [-0.4, -0.2) is 36.0 Å². The lowest BCUT2D eigenvalue weighted by Crippen LogP contribution is -2.45. The van der Waals surface area contributed by atoms with E-state index >= 15 is 0 Å². The van der Waals surface area contributed by atoms with Crippen LogP contribution in [0.2, 0.25) is 0 Å². The Morgan fingerprint density at radius 1 is 1.33 bits per heavy atom. The van der Waals surface area contributed by atoms with Crippen LogP contribution in [0, 0.1) is 34.0 Å². The van der Waals surface area contributed by atoms with Crippen molar-refractivity contribution >= 4 is 5.91 Å². The van der Waals surface area contributed by atoms with Crippen molar-refractivity contribution in [3.8, 4) is 12.1 Å². The predicted octanol–water partition coefficient (Wildman–Crippen LogP) is 0.393. The summed E-state index contributed by atoms with van der Waals surface area (Å²) in [6.07, 6.45) is 3.39. The Morgan fingerprint density at radius 3 is 2.83 bits per heavy atom. The summed E-state index contributed by atoms with van der Waals surface area (Å²) >= 11 is 0. The van der Waals surface area contributed by atoms with E-state index in [0.29, 0.717) is 6.54 Å². The SMILES string of the molecule is N#C[C@@H]1CCCN1C(=O)[C@@H]1C[C@@]2(CN1)C[C@H]2C#N. The molecule has 1 N–H and O–H groups in total. The Labute approximate surface area is 106 Å². The summed E-state index contributed by atoms with van der Waals surface area (Å²) in [5.41, 5.74) is 0.0525. The molecule has 1 spiro atoms. The molecule has 1 aliphatic carbocycles. The number of hydrogen-bond acceptors (Lipinski definition) is 4. The maximum Gasteiger partial charge on any atom is 0.240 e. The van der Waals surface area contributed by atoms with Crippen LogP contribution in [0.1, 0.15) is 25.7 Å². The van der Waals surface area contributed by atoms with Crippen LogP contribution in [0.3, 0.4) is 0 Å². The molecule has 0 aromatic heterocycles. The van der Waals surface area contributed by atoms with Gasteiger partial charge in [0.05, 0.1) is 24.1 Å². The third-order valence-corrected chi connectivity index (χ3v) is 4.64. The Kier molecular flexibility index (Phi) is 2.53. The van der Waals surface area contributed by atoms with Crippen LogP contribution in [0.15, 0.2) is 0 Å². The first-order valence-corrected chi connectivity index (χ1v) is 6.53. The van der Waals surface area contributed by atoms with Gasteiger partial charge in [-0.05, 0) is 25.7 Å². The molecule has 0 bridgehead atoms. The lowest BCUT2D eigenvalue weighted by Gasteiger charge is -2.23. The van der Waals surface area contributed by atoms with Gasteiger partial charge in [0.2, 0.25) is 5.91 Å². The van der Waals surface area contributed by atoms with Gasteiger partial charge in [-0.3, -0.25) is 4.79 Å². The molecule has 2 heterocycles. The highest BCUT2D eigenvalue weighted by Gasteiger charge is 2.59. The van der Waals surface area contributed by atoms with Crippen molar-refractivity contribution in [2.45, 2.75) is 37.8 Å². The number of likely N-dealkylation sites (tertiary alicyclic amines) is 1. The standard InChI is InChI=1S/C13H16N4O/c14-6-9-4-13(9)5-11(16-8-13)12(18)17-3-1-2-10(17)7-15/h9-11,16H,1-5,8H2/t9-,10-,11-,13+/m0/s1. The van der Waals surface area contributed by atoms with Crippen molar-refractivity contribution < 1.29 is 4.79 Å². The van der Waals surface area contributed by atoms with Crippen molar-refractivity contribution in [1.29, 1.82) is 10.5 Å². The van der Waals surface area contributed by atoms with E-state index in [1.54, 1.807) is 4.90 Å². The fourth-order valence-electron chi connectivity index (χ4n) is 3.37. The predicted molar refractivity (Wildman–Crippen MR) is 62.9 cm³/mol. The van der Waals surface area contributed by atoms with Crippen molar-refractivity contribution in [3.63, 3.8) is 0 Å². The number of nitriles is 2. The van der Waals surface area contributed by atoms with Crippen LogP contribution in [0.5, 0.6) is 0 Å². The normalized spacial score (nSPS) is 41.7. The number of carbonyl (C=O) groups is 1. The molecule has 4 atom stereocenters. The second kappa shape index (κ2) is 3.96. The van der Waals surface area contributed by atoms with E-state index in [1.165, 1.54) is 0 Å². The second-order valence-electron chi connectivity index (χ2n) is 5.70. The van der Waals surface area contributed by atoms with E-state index < -0.39 is 0 Å². The van der Waals surface area contributed by atoms with E-state index in [-0.39, 0.29) is 29.3 Å². The smallest absolute Gasteiger partial charge is 0.240 e. The van der Waals surface area contributed by atoms with Gasteiger partial charge in [-0.15, -0.1) is 0 Å². The van der Waals surface area contributed by atoms with Crippen LogP contribution in [0.25, 0.3) is 0 Å². The van der Waals surface area contributed by atoms with Crippen molar-refractivity contribution in [2.24, 2.45) is 11.3 Å². The largest absolute Gasteiger partial charge is 0.325 e. The van der Waals surface area contributed by atoms with Crippen molar-refractivity contribution in [1.82, 2.24) is 10.2 Å².